The van der Waals surface area contributed by atoms with Gasteiger partial charge in [0.15, 0.2) is 18.9 Å². The van der Waals surface area contributed by atoms with E-state index < -0.39 is 24.5 Å². The zero-order chi connectivity index (χ0) is 33.7. The van der Waals surface area contributed by atoms with Crippen molar-refractivity contribution >= 4 is 53.9 Å². The monoisotopic (exact) mass is 638 g/mol. The smallest absolute Gasteiger partial charge is 0.323 e. The lowest BCUT2D eigenvalue weighted by atomic mass is 9.85. The van der Waals surface area contributed by atoms with Crippen LogP contribution in [0.5, 0.6) is 0 Å². The summed E-state index contributed by atoms with van der Waals surface area (Å²) in [4.78, 5) is 62.6. The first-order valence-electron chi connectivity index (χ1n) is 15.7. The van der Waals surface area contributed by atoms with E-state index in [0.717, 1.165) is 40.1 Å². The number of carbonyl (C=O) groups is 4. The Hall–Kier alpha value is -5.16. The average molecular weight is 639 g/mol. The Balaban J connectivity index is 1.72. The van der Waals surface area contributed by atoms with Gasteiger partial charge in [-0.3, -0.25) is 19.2 Å². The second-order valence-corrected chi connectivity index (χ2v) is 12.2. The third-order valence-electron chi connectivity index (χ3n) is 9.85. The van der Waals surface area contributed by atoms with Crippen LogP contribution in [0.2, 0.25) is 0 Å². The molecule has 0 amide bonds. The third-order valence-corrected chi connectivity index (χ3v) is 9.85. The van der Waals surface area contributed by atoms with E-state index in [4.69, 9.17) is 9.47 Å². The van der Waals surface area contributed by atoms with Crippen LogP contribution < -0.4 is 16.0 Å². The quantitative estimate of drug-likeness (QED) is 0.109. The van der Waals surface area contributed by atoms with E-state index in [0.29, 0.717) is 62.9 Å². The van der Waals surface area contributed by atoms with Crippen molar-refractivity contribution in [1.82, 2.24) is 20.3 Å². The largest absolute Gasteiger partial charge is 0.469 e. The number of fused-ring (bicyclic) bond motifs is 7. The van der Waals surface area contributed by atoms with Crippen molar-refractivity contribution in [3.63, 3.8) is 0 Å². The number of aldehydes is 1. The SMILES string of the molecule is C=Cc1c2[nH]c(c1C)/C=C1\N/C(=C3\c4[nH]c(c(C)c4C(=O)[C@@H]3C(=O)OCO)/C=c3\[nH]/c(c(C=O)c3CC)=C/2)[C@@H](CCC(=O)OC)[C@@H]1C. The van der Waals surface area contributed by atoms with Crippen LogP contribution >= 0.6 is 0 Å². The number of rotatable bonds is 8. The minimum absolute atomic E-state index is 0.127. The van der Waals surface area contributed by atoms with Crippen molar-refractivity contribution in [1.29, 1.82) is 0 Å². The number of aliphatic hydroxyl groups is 1. The lowest BCUT2D eigenvalue weighted by Crippen LogP contribution is -2.26. The molecule has 0 unspecified atom stereocenters. The van der Waals surface area contributed by atoms with Gasteiger partial charge in [0.2, 0.25) is 0 Å². The molecule has 47 heavy (non-hydrogen) atoms. The van der Waals surface area contributed by atoms with Crippen molar-refractivity contribution in [2.75, 3.05) is 13.9 Å². The van der Waals surface area contributed by atoms with Gasteiger partial charge in [-0.25, -0.2) is 0 Å². The van der Waals surface area contributed by atoms with Crippen molar-refractivity contribution in [3.05, 3.63) is 84.8 Å². The number of aliphatic hydroxyl groups excluding tert-OH is 1. The Morgan fingerprint density at radius 2 is 1.74 bits per heavy atom. The first kappa shape index (κ1) is 31.8. The molecule has 0 aromatic carbocycles. The molecular weight excluding hydrogens is 600 g/mol. The topological polar surface area (TPSA) is 166 Å². The molecular formula is C36H38N4O7. The molecule has 3 aromatic heterocycles. The van der Waals surface area contributed by atoms with Gasteiger partial charge in [0.05, 0.1) is 18.2 Å². The van der Waals surface area contributed by atoms with E-state index in [1.165, 1.54) is 7.11 Å². The first-order chi connectivity index (χ1) is 22.6. The summed E-state index contributed by atoms with van der Waals surface area (Å²) in [5.74, 6) is -3.45. The summed E-state index contributed by atoms with van der Waals surface area (Å²) in [5.41, 5.74) is 8.73. The number of allylic oxidation sites excluding steroid dienone is 2. The molecule has 6 rings (SSSR count). The average Bonchev–Trinajstić information content (AvgIpc) is 3.80. The number of ketones is 1. The van der Waals surface area contributed by atoms with Crippen LogP contribution in [0.15, 0.2) is 18.0 Å². The number of methoxy groups -OCH3 is 1. The Morgan fingerprint density at radius 1 is 1.02 bits per heavy atom. The molecule has 0 spiro atoms. The summed E-state index contributed by atoms with van der Waals surface area (Å²) in [7, 11) is 1.34. The lowest BCUT2D eigenvalue weighted by molar-refractivity contribution is -0.153. The Bertz CT molecular complexity index is 2050. The maximum Gasteiger partial charge on any atom is 0.323 e. The number of ether oxygens (including phenoxy) is 2. The van der Waals surface area contributed by atoms with Gasteiger partial charge in [-0.15, -0.1) is 0 Å². The standard InChI is InChI=1S/C36H38N4O7/c1-7-19-16(3)23-11-24-17(4)21(9-10-29(43)46-6)33(39-24)31-32(36(45)47-15-42)35(44)30-18(5)25(40-34(30)31)12-27-20(8-2)22(14-41)28(38-27)13-26(19)37-23/h7,11-14,17,21,32,37-40,42H,1,8-10,15H2,2-6H3/b24-11-,27-12-,28-13+,33-31-/t17-,21-,32+/m0/s1. The molecule has 0 saturated carbocycles. The number of hydrogen-bond donors (Lipinski definition) is 5. The molecule has 11 heteroatoms. The zero-order valence-electron chi connectivity index (χ0n) is 27.1. The summed E-state index contributed by atoms with van der Waals surface area (Å²) in [6.07, 6.45) is 9.50. The van der Waals surface area contributed by atoms with Gasteiger partial charge in [-0.2, -0.15) is 0 Å². The van der Waals surface area contributed by atoms with Gasteiger partial charge >= 0.3 is 11.9 Å². The molecule has 8 bridgehead atoms. The van der Waals surface area contributed by atoms with Crippen molar-refractivity contribution in [3.8, 4) is 0 Å². The molecule has 1 aliphatic carbocycles. The van der Waals surface area contributed by atoms with Crippen LogP contribution in [0.1, 0.15) is 92.4 Å². The highest BCUT2D eigenvalue weighted by Crippen LogP contribution is 2.48. The fraction of sp³-hybridized carbons (Fsp3) is 0.333. The molecule has 3 aliphatic rings. The summed E-state index contributed by atoms with van der Waals surface area (Å²) >= 11 is 0. The predicted octanol–water partition coefficient (Wildman–Crippen LogP) is 3.14. The number of esters is 2. The molecule has 5 N–H and O–H groups in total. The van der Waals surface area contributed by atoms with Crippen LogP contribution in [0, 0.1) is 31.6 Å². The molecule has 3 aromatic rings. The molecule has 0 radical (unpaired) electrons. The number of nitrogens with one attached hydrogen (secondary N) is 4. The Morgan fingerprint density at radius 3 is 2.40 bits per heavy atom. The molecule has 2 aliphatic heterocycles. The summed E-state index contributed by atoms with van der Waals surface area (Å²) in [5, 5.41) is 14.4. The van der Waals surface area contributed by atoms with E-state index >= 15 is 0 Å². The molecule has 244 valence electrons. The van der Waals surface area contributed by atoms with E-state index in [9.17, 15) is 24.3 Å². The van der Waals surface area contributed by atoms with E-state index in [1.807, 2.05) is 45.9 Å². The first-order valence-corrected chi connectivity index (χ1v) is 15.7. The van der Waals surface area contributed by atoms with Crippen molar-refractivity contribution < 1.29 is 33.8 Å². The number of aromatic amines is 3. The number of carbonyl (C=O) groups excluding carboxylic acids is 4. The van der Waals surface area contributed by atoms with Crippen molar-refractivity contribution in [2.24, 2.45) is 17.8 Å². The fourth-order valence-electron chi connectivity index (χ4n) is 7.35. The van der Waals surface area contributed by atoms with E-state index in [-0.39, 0.29) is 24.2 Å². The second kappa shape index (κ2) is 12.2. The maximum absolute atomic E-state index is 14.1. The summed E-state index contributed by atoms with van der Waals surface area (Å²) in [6, 6.07) is 0. The molecule has 3 atom stereocenters. The number of hydrogen-bond acceptors (Lipinski definition) is 8. The van der Waals surface area contributed by atoms with Gasteiger partial charge in [0.1, 0.15) is 5.92 Å². The minimum Gasteiger partial charge on any atom is -0.469 e. The zero-order valence-corrected chi connectivity index (χ0v) is 27.1. The maximum atomic E-state index is 14.1. The highest BCUT2D eigenvalue weighted by molar-refractivity contribution is 6.24. The van der Waals surface area contributed by atoms with Crippen molar-refractivity contribution in [2.45, 2.75) is 47.0 Å². The fourth-order valence-corrected chi connectivity index (χ4v) is 7.35. The Kier molecular flexibility index (Phi) is 8.27. The van der Waals surface area contributed by atoms with Crippen LogP contribution in [-0.4, -0.2) is 58.0 Å². The number of H-pyrrole nitrogens is 3. The number of Topliss-reactive ketones (excluding diaryl/α,β-unsaturated/α-hetero) is 1. The van der Waals surface area contributed by atoms with Gasteiger partial charge < -0.3 is 34.8 Å². The Labute approximate surface area is 271 Å². The van der Waals surface area contributed by atoms with E-state index in [1.54, 1.807) is 6.08 Å². The van der Waals surface area contributed by atoms with Gasteiger partial charge in [-0.1, -0.05) is 26.5 Å². The predicted molar refractivity (Wildman–Crippen MR) is 176 cm³/mol. The molecule has 5 heterocycles. The second-order valence-electron chi connectivity index (χ2n) is 12.2. The van der Waals surface area contributed by atoms with Gasteiger partial charge in [0, 0.05) is 74.3 Å². The van der Waals surface area contributed by atoms with Gasteiger partial charge in [-0.05, 0) is 61.6 Å². The highest BCUT2D eigenvalue weighted by atomic mass is 16.6. The normalized spacial score (nSPS) is 23.6. The van der Waals surface area contributed by atoms with E-state index in [2.05, 4.69) is 26.8 Å². The van der Waals surface area contributed by atoms with Crippen LogP contribution in [0.25, 0.3) is 29.9 Å². The van der Waals surface area contributed by atoms with Crippen LogP contribution in [0.4, 0.5) is 0 Å². The molecule has 11 nitrogen and oxygen atoms in total. The lowest BCUT2D eigenvalue weighted by Gasteiger charge is -2.19. The highest BCUT2D eigenvalue weighted by Gasteiger charge is 2.48. The summed E-state index contributed by atoms with van der Waals surface area (Å²) in [6.45, 7) is 11.0. The number of aromatic nitrogens is 3. The molecule has 1 fully saturated rings. The van der Waals surface area contributed by atoms with Gasteiger partial charge in [0.25, 0.3) is 0 Å². The minimum atomic E-state index is -1.32. The van der Waals surface area contributed by atoms with Crippen LogP contribution in [0.3, 0.4) is 0 Å². The van der Waals surface area contributed by atoms with Crippen LogP contribution in [-0.2, 0) is 25.5 Å². The molecule has 1 saturated heterocycles. The summed E-state index contributed by atoms with van der Waals surface area (Å²) < 4.78 is 9.96. The third kappa shape index (κ3) is 5.01.